The van der Waals surface area contributed by atoms with Crippen molar-refractivity contribution in [1.82, 2.24) is 0 Å². The first-order valence-corrected chi connectivity index (χ1v) is 6.47. The molecule has 0 aliphatic rings. The Morgan fingerprint density at radius 1 is 1.05 bits per heavy atom. The monoisotopic (exact) mass is 290 g/mol. The summed E-state index contributed by atoms with van der Waals surface area (Å²) in [6.45, 7) is 7.63. The molecule has 0 bridgehead atoms. The molecule has 0 amide bonds. The van der Waals surface area contributed by atoms with Gasteiger partial charge in [0.05, 0.1) is 18.8 Å². The van der Waals surface area contributed by atoms with Crippen LogP contribution in [0, 0.1) is 0 Å². The van der Waals surface area contributed by atoms with Crippen LogP contribution in [0.1, 0.15) is 16.8 Å². The van der Waals surface area contributed by atoms with Gasteiger partial charge >= 0.3 is 11.9 Å². The van der Waals surface area contributed by atoms with E-state index in [1.54, 1.807) is 24.3 Å². The maximum Gasteiger partial charge on any atom is 0.338 e. The van der Waals surface area contributed by atoms with Crippen LogP contribution in [0.2, 0.25) is 0 Å². The summed E-state index contributed by atoms with van der Waals surface area (Å²) in [6.07, 6.45) is 3.20. The van der Waals surface area contributed by atoms with Crippen LogP contribution < -0.4 is 4.74 Å². The van der Waals surface area contributed by atoms with Gasteiger partial charge in [0.15, 0.2) is 0 Å². The lowest BCUT2D eigenvalue weighted by molar-refractivity contribution is -0.137. The molecule has 0 radical (unpaired) electrons. The van der Waals surface area contributed by atoms with E-state index in [4.69, 9.17) is 14.2 Å². The summed E-state index contributed by atoms with van der Waals surface area (Å²) in [6, 6.07) is 6.61. The van der Waals surface area contributed by atoms with E-state index in [2.05, 4.69) is 13.2 Å². The Morgan fingerprint density at radius 3 is 2.38 bits per heavy atom. The molecular weight excluding hydrogens is 272 g/mol. The number of esters is 2. The summed E-state index contributed by atoms with van der Waals surface area (Å²) in [4.78, 5) is 22.3. The molecule has 1 aromatic rings. The normalized spacial score (nSPS) is 9.52. The zero-order chi connectivity index (χ0) is 15.5. The van der Waals surface area contributed by atoms with Crippen LogP contribution in [0.5, 0.6) is 5.75 Å². The summed E-state index contributed by atoms with van der Waals surface area (Å²) in [5.41, 5.74) is 0.448. The first kappa shape index (κ1) is 16.5. The molecule has 0 atom stereocenters. The van der Waals surface area contributed by atoms with Crippen molar-refractivity contribution in [3.63, 3.8) is 0 Å². The SMILES string of the molecule is C=CCOC(=O)c1ccc(OCCCOC(=O)C=C)cc1. The number of hydrogen-bond acceptors (Lipinski definition) is 5. The minimum atomic E-state index is -0.447. The zero-order valence-electron chi connectivity index (χ0n) is 11.7. The largest absolute Gasteiger partial charge is 0.493 e. The first-order valence-electron chi connectivity index (χ1n) is 6.47. The highest BCUT2D eigenvalue weighted by Gasteiger charge is 2.06. The molecule has 0 heterocycles. The van der Waals surface area contributed by atoms with Crippen LogP contribution in [0.15, 0.2) is 49.6 Å². The molecule has 0 saturated heterocycles. The standard InChI is InChI=1S/C16H18O5/c1-3-10-21-16(18)13-6-8-14(9-7-13)19-11-5-12-20-15(17)4-2/h3-4,6-9H,1-2,5,10-12H2. The maximum absolute atomic E-state index is 11.5. The number of hydrogen-bond donors (Lipinski definition) is 0. The molecule has 1 aromatic carbocycles. The predicted octanol–water partition coefficient (Wildman–Crippen LogP) is 2.53. The Labute approximate surface area is 123 Å². The van der Waals surface area contributed by atoms with E-state index in [0.717, 1.165) is 6.08 Å². The molecule has 0 aliphatic carbocycles. The molecule has 5 nitrogen and oxygen atoms in total. The molecule has 0 saturated carbocycles. The second kappa shape index (κ2) is 9.36. The highest BCUT2D eigenvalue weighted by atomic mass is 16.5. The number of rotatable bonds is 9. The molecule has 5 heteroatoms. The van der Waals surface area contributed by atoms with Gasteiger partial charge in [-0.3, -0.25) is 0 Å². The van der Waals surface area contributed by atoms with Crippen LogP contribution >= 0.6 is 0 Å². The van der Waals surface area contributed by atoms with Crippen molar-refractivity contribution in [2.45, 2.75) is 6.42 Å². The van der Waals surface area contributed by atoms with Gasteiger partial charge in [0.2, 0.25) is 0 Å². The minimum Gasteiger partial charge on any atom is -0.493 e. The van der Waals surface area contributed by atoms with Crippen LogP contribution in [-0.4, -0.2) is 31.8 Å². The zero-order valence-corrected chi connectivity index (χ0v) is 11.7. The van der Waals surface area contributed by atoms with E-state index in [-0.39, 0.29) is 13.2 Å². The summed E-state index contributed by atoms with van der Waals surface area (Å²) >= 11 is 0. The molecule has 0 fully saturated rings. The Kier molecular flexibility index (Phi) is 7.35. The van der Waals surface area contributed by atoms with E-state index >= 15 is 0 Å². The Morgan fingerprint density at radius 2 is 1.76 bits per heavy atom. The van der Waals surface area contributed by atoms with E-state index in [0.29, 0.717) is 24.3 Å². The third kappa shape index (κ3) is 6.42. The average molecular weight is 290 g/mol. The van der Waals surface area contributed by atoms with Crippen molar-refractivity contribution in [2.24, 2.45) is 0 Å². The lowest BCUT2D eigenvalue weighted by atomic mass is 10.2. The van der Waals surface area contributed by atoms with Gasteiger partial charge in [0.25, 0.3) is 0 Å². The second-order valence-electron chi connectivity index (χ2n) is 3.99. The van der Waals surface area contributed by atoms with Crippen molar-refractivity contribution in [1.29, 1.82) is 0 Å². The molecule has 1 rings (SSSR count). The van der Waals surface area contributed by atoms with Gasteiger partial charge < -0.3 is 14.2 Å². The van der Waals surface area contributed by atoms with Gasteiger partial charge in [-0.2, -0.15) is 0 Å². The second-order valence-corrected chi connectivity index (χ2v) is 3.99. The van der Waals surface area contributed by atoms with Gasteiger partial charge in [-0.15, -0.1) is 0 Å². The quantitative estimate of drug-likeness (QED) is 0.303. The van der Waals surface area contributed by atoms with Crippen LogP contribution in [0.3, 0.4) is 0 Å². The van der Waals surface area contributed by atoms with Crippen molar-refractivity contribution in [2.75, 3.05) is 19.8 Å². The summed E-state index contributed by atoms with van der Waals surface area (Å²) in [7, 11) is 0. The molecule has 21 heavy (non-hydrogen) atoms. The van der Waals surface area contributed by atoms with Crippen molar-refractivity contribution >= 4 is 11.9 Å². The van der Waals surface area contributed by atoms with Crippen molar-refractivity contribution in [3.8, 4) is 5.75 Å². The number of carbonyl (C=O) groups excluding carboxylic acids is 2. The fourth-order valence-electron chi connectivity index (χ4n) is 1.39. The summed E-state index contributed by atoms with van der Waals surface area (Å²) in [5.74, 6) is -0.222. The van der Waals surface area contributed by atoms with E-state index in [1.807, 2.05) is 0 Å². The average Bonchev–Trinajstić information content (AvgIpc) is 2.52. The summed E-state index contributed by atoms with van der Waals surface area (Å²) in [5, 5.41) is 0. The van der Waals surface area contributed by atoms with Gasteiger partial charge in [-0.05, 0) is 24.3 Å². The van der Waals surface area contributed by atoms with Crippen molar-refractivity contribution in [3.05, 3.63) is 55.1 Å². The molecule has 112 valence electrons. The third-order valence-corrected chi connectivity index (χ3v) is 2.39. The molecular formula is C16H18O5. The van der Waals surface area contributed by atoms with E-state index < -0.39 is 11.9 Å². The van der Waals surface area contributed by atoms with Crippen molar-refractivity contribution < 1.29 is 23.8 Å². The van der Waals surface area contributed by atoms with Gasteiger partial charge in [-0.1, -0.05) is 19.2 Å². The van der Waals surface area contributed by atoms with Gasteiger partial charge in [0.1, 0.15) is 12.4 Å². The smallest absolute Gasteiger partial charge is 0.338 e. The first-order chi connectivity index (χ1) is 10.2. The third-order valence-electron chi connectivity index (χ3n) is 2.39. The number of carbonyl (C=O) groups is 2. The molecule has 0 spiro atoms. The Balaban J connectivity index is 2.31. The fourth-order valence-corrected chi connectivity index (χ4v) is 1.39. The predicted molar refractivity (Wildman–Crippen MR) is 78.2 cm³/mol. The Hall–Kier alpha value is -2.56. The lowest BCUT2D eigenvalue weighted by Gasteiger charge is -2.07. The molecule has 0 unspecified atom stereocenters. The van der Waals surface area contributed by atoms with Gasteiger partial charge in [0, 0.05) is 12.5 Å². The maximum atomic E-state index is 11.5. The number of ether oxygens (including phenoxy) is 3. The summed E-state index contributed by atoms with van der Waals surface area (Å²) < 4.78 is 15.2. The topological polar surface area (TPSA) is 61.8 Å². The Bertz CT molecular complexity index is 490. The van der Waals surface area contributed by atoms with Gasteiger partial charge in [-0.25, -0.2) is 9.59 Å². The molecule has 0 N–H and O–H groups in total. The van der Waals surface area contributed by atoms with E-state index in [1.165, 1.54) is 6.08 Å². The van der Waals surface area contributed by atoms with Crippen LogP contribution in [0.25, 0.3) is 0 Å². The molecule has 0 aromatic heterocycles. The highest BCUT2D eigenvalue weighted by Crippen LogP contribution is 2.13. The van der Waals surface area contributed by atoms with Crippen LogP contribution in [-0.2, 0) is 14.3 Å². The fraction of sp³-hybridized carbons (Fsp3) is 0.250. The van der Waals surface area contributed by atoms with Crippen LogP contribution in [0.4, 0.5) is 0 Å². The minimum absolute atomic E-state index is 0.181. The molecule has 0 aliphatic heterocycles. The lowest BCUT2D eigenvalue weighted by Crippen LogP contribution is -2.07. The van der Waals surface area contributed by atoms with E-state index in [9.17, 15) is 9.59 Å². The highest BCUT2D eigenvalue weighted by molar-refractivity contribution is 5.89. The number of benzene rings is 1.